The zero-order valence-corrected chi connectivity index (χ0v) is 9.17. The van der Waals surface area contributed by atoms with Crippen molar-refractivity contribution in [2.24, 2.45) is 17.8 Å². The molecule has 0 amide bonds. The van der Waals surface area contributed by atoms with Crippen molar-refractivity contribution in [3.8, 4) is 0 Å². The summed E-state index contributed by atoms with van der Waals surface area (Å²) >= 11 is 0. The average Bonchev–Trinajstić information content (AvgIpc) is 2.61. The molecule has 0 saturated heterocycles. The highest BCUT2D eigenvalue weighted by Gasteiger charge is 2.44. The molecular formula is C12H18O2. The Kier molecular flexibility index (Phi) is 2.38. The van der Waals surface area contributed by atoms with Crippen LogP contribution in [0.5, 0.6) is 0 Å². The summed E-state index contributed by atoms with van der Waals surface area (Å²) in [6.45, 7) is 6.70. The van der Waals surface area contributed by atoms with Gasteiger partial charge in [-0.2, -0.15) is 0 Å². The first-order valence-corrected chi connectivity index (χ1v) is 5.53. The van der Waals surface area contributed by atoms with Gasteiger partial charge in [-0.15, -0.1) is 0 Å². The Morgan fingerprint density at radius 1 is 1.50 bits per heavy atom. The van der Waals surface area contributed by atoms with E-state index in [0.29, 0.717) is 24.4 Å². The Morgan fingerprint density at radius 2 is 2.21 bits per heavy atom. The Bertz CT molecular complexity index is 291. The van der Waals surface area contributed by atoms with Crippen LogP contribution in [0.2, 0.25) is 0 Å². The fourth-order valence-corrected chi connectivity index (χ4v) is 3.04. The number of esters is 1. The van der Waals surface area contributed by atoms with Crippen molar-refractivity contribution in [2.75, 3.05) is 6.61 Å². The van der Waals surface area contributed by atoms with E-state index in [1.807, 2.05) is 6.92 Å². The molecule has 0 radical (unpaired) electrons. The van der Waals surface area contributed by atoms with Crippen LogP contribution in [-0.2, 0) is 9.53 Å². The Balaban J connectivity index is 2.22. The van der Waals surface area contributed by atoms with Gasteiger partial charge in [0.05, 0.1) is 6.61 Å². The van der Waals surface area contributed by atoms with E-state index in [4.69, 9.17) is 4.74 Å². The number of hydrogen-bond donors (Lipinski definition) is 0. The van der Waals surface area contributed by atoms with Gasteiger partial charge in [-0.3, -0.25) is 0 Å². The van der Waals surface area contributed by atoms with Crippen molar-refractivity contribution in [3.05, 3.63) is 11.1 Å². The number of ether oxygens (including phenoxy) is 1. The molecule has 0 aromatic heterocycles. The summed E-state index contributed by atoms with van der Waals surface area (Å²) in [5.74, 6) is 1.75. The van der Waals surface area contributed by atoms with E-state index in [9.17, 15) is 4.79 Å². The average molecular weight is 194 g/mol. The first-order chi connectivity index (χ1) is 6.65. The van der Waals surface area contributed by atoms with E-state index >= 15 is 0 Å². The molecule has 1 fully saturated rings. The van der Waals surface area contributed by atoms with Gasteiger partial charge < -0.3 is 4.74 Å². The summed E-state index contributed by atoms with van der Waals surface area (Å²) in [6, 6.07) is 0. The van der Waals surface area contributed by atoms with Crippen LogP contribution in [0.3, 0.4) is 0 Å². The molecule has 2 aliphatic rings. The van der Waals surface area contributed by atoms with Crippen molar-refractivity contribution in [1.82, 2.24) is 0 Å². The summed E-state index contributed by atoms with van der Waals surface area (Å²) in [5, 5.41) is 0. The van der Waals surface area contributed by atoms with Crippen LogP contribution in [0.25, 0.3) is 0 Å². The number of allylic oxidation sites excluding steroid dienone is 1. The number of hydrogen-bond acceptors (Lipinski definition) is 2. The van der Waals surface area contributed by atoms with Gasteiger partial charge in [-0.1, -0.05) is 12.5 Å². The lowest BCUT2D eigenvalue weighted by Crippen LogP contribution is -2.19. The highest BCUT2D eigenvalue weighted by Crippen LogP contribution is 2.51. The maximum absolute atomic E-state index is 11.7. The van der Waals surface area contributed by atoms with Crippen LogP contribution in [-0.4, -0.2) is 12.6 Å². The molecule has 0 N–H and O–H groups in total. The SMILES string of the molecule is CCOC(=O)C1=C(C)C2CC(C)C1C2. The van der Waals surface area contributed by atoms with E-state index in [0.717, 1.165) is 5.57 Å². The van der Waals surface area contributed by atoms with Crippen LogP contribution >= 0.6 is 0 Å². The minimum Gasteiger partial charge on any atom is -0.463 e. The maximum Gasteiger partial charge on any atom is 0.334 e. The van der Waals surface area contributed by atoms with Gasteiger partial charge in [0, 0.05) is 5.57 Å². The summed E-state index contributed by atoms with van der Waals surface area (Å²) in [6.07, 6.45) is 2.44. The fraction of sp³-hybridized carbons (Fsp3) is 0.750. The molecule has 2 bridgehead atoms. The zero-order chi connectivity index (χ0) is 10.3. The van der Waals surface area contributed by atoms with Crippen molar-refractivity contribution in [1.29, 1.82) is 0 Å². The minimum absolute atomic E-state index is 0.0657. The third kappa shape index (κ3) is 1.28. The molecule has 2 aliphatic carbocycles. The largest absolute Gasteiger partial charge is 0.463 e. The summed E-state index contributed by atoms with van der Waals surface area (Å²) in [5.41, 5.74) is 2.29. The summed E-state index contributed by atoms with van der Waals surface area (Å²) < 4.78 is 5.10. The second-order valence-corrected chi connectivity index (χ2v) is 4.57. The molecule has 0 spiro atoms. The predicted octanol–water partition coefficient (Wildman–Crippen LogP) is 2.54. The normalized spacial score (nSPS) is 35.2. The van der Waals surface area contributed by atoms with Gasteiger partial charge in [0.2, 0.25) is 0 Å². The molecule has 0 aliphatic heterocycles. The van der Waals surface area contributed by atoms with Gasteiger partial charge in [0.1, 0.15) is 0 Å². The van der Waals surface area contributed by atoms with Crippen molar-refractivity contribution in [3.63, 3.8) is 0 Å². The monoisotopic (exact) mass is 194 g/mol. The van der Waals surface area contributed by atoms with Gasteiger partial charge >= 0.3 is 5.97 Å². The van der Waals surface area contributed by atoms with Crippen molar-refractivity contribution >= 4 is 5.97 Å². The van der Waals surface area contributed by atoms with E-state index in [2.05, 4.69) is 13.8 Å². The first kappa shape index (κ1) is 9.75. The number of fused-ring (bicyclic) bond motifs is 2. The number of rotatable bonds is 2. The second-order valence-electron chi connectivity index (χ2n) is 4.57. The highest BCUT2D eigenvalue weighted by molar-refractivity contribution is 5.91. The molecule has 1 saturated carbocycles. The van der Waals surface area contributed by atoms with E-state index in [1.54, 1.807) is 0 Å². The quantitative estimate of drug-likeness (QED) is 0.631. The third-order valence-corrected chi connectivity index (χ3v) is 3.78. The Morgan fingerprint density at radius 3 is 2.79 bits per heavy atom. The fourth-order valence-electron chi connectivity index (χ4n) is 3.04. The van der Waals surface area contributed by atoms with Crippen LogP contribution in [0.1, 0.15) is 33.6 Å². The molecule has 0 aromatic carbocycles. The summed E-state index contributed by atoms with van der Waals surface area (Å²) in [7, 11) is 0. The second kappa shape index (κ2) is 3.41. The van der Waals surface area contributed by atoms with E-state index in [-0.39, 0.29) is 5.97 Å². The molecule has 2 rings (SSSR count). The highest BCUT2D eigenvalue weighted by atomic mass is 16.5. The number of carbonyl (C=O) groups is 1. The molecular weight excluding hydrogens is 176 g/mol. The van der Waals surface area contributed by atoms with Crippen molar-refractivity contribution < 1.29 is 9.53 Å². The lowest BCUT2D eigenvalue weighted by molar-refractivity contribution is -0.139. The topological polar surface area (TPSA) is 26.3 Å². The van der Waals surface area contributed by atoms with E-state index < -0.39 is 0 Å². The molecule has 3 unspecified atom stereocenters. The van der Waals surface area contributed by atoms with Crippen LogP contribution in [0.15, 0.2) is 11.1 Å². The molecule has 3 atom stereocenters. The Hall–Kier alpha value is -0.790. The van der Waals surface area contributed by atoms with E-state index in [1.165, 1.54) is 18.4 Å². The molecule has 0 aromatic rings. The Labute approximate surface area is 85.3 Å². The van der Waals surface area contributed by atoms with Gasteiger partial charge in [0.25, 0.3) is 0 Å². The standard InChI is InChI=1S/C12H18O2/c1-4-14-12(13)11-8(3)9-5-7(2)10(11)6-9/h7,9-10H,4-6H2,1-3H3. The van der Waals surface area contributed by atoms with Gasteiger partial charge in [-0.05, 0) is 44.4 Å². The van der Waals surface area contributed by atoms with Crippen LogP contribution < -0.4 is 0 Å². The molecule has 0 heterocycles. The molecule has 2 nitrogen and oxygen atoms in total. The minimum atomic E-state index is -0.0657. The van der Waals surface area contributed by atoms with Crippen LogP contribution in [0.4, 0.5) is 0 Å². The first-order valence-electron chi connectivity index (χ1n) is 5.53. The lowest BCUT2D eigenvalue weighted by atomic mass is 9.85. The smallest absolute Gasteiger partial charge is 0.334 e. The summed E-state index contributed by atoms with van der Waals surface area (Å²) in [4.78, 5) is 11.7. The van der Waals surface area contributed by atoms with Crippen molar-refractivity contribution in [2.45, 2.75) is 33.6 Å². The number of carbonyl (C=O) groups excluding carboxylic acids is 1. The maximum atomic E-state index is 11.7. The lowest BCUT2D eigenvalue weighted by Gasteiger charge is -2.21. The van der Waals surface area contributed by atoms with Crippen LogP contribution in [0, 0.1) is 17.8 Å². The molecule has 14 heavy (non-hydrogen) atoms. The molecule has 78 valence electrons. The third-order valence-electron chi connectivity index (χ3n) is 3.78. The predicted molar refractivity (Wildman–Crippen MR) is 54.7 cm³/mol. The van der Waals surface area contributed by atoms with Gasteiger partial charge in [0.15, 0.2) is 0 Å². The van der Waals surface area contributed by atoms with Gasteiger partial charge in [-0.25, -0.2) is 4.79 Å². The zero-order valence-electron chi connectivity index (χ0n) is 9.17. The molecule has 2 heteroatoms.